The summed E-state index contributed by atoms with van der Waals surface area (Å²) >= 11 is 0. The van der Waals surface area contributed by atoms with Gasteiger partial charge in [0.1, 0.15) is 11.5 Å². The minimum atomic E-state index is -4.30. The van der Waals surface area contributed by atoms with E-state index in [-0.39, 0.29) is 12.4 Å². The van der Waals surface area contributed by atoms with E-state index in [0.29, 0.717) is 12.0 Å². The molecule has 1 rings (SSSR count). The van der Waals surface area contributed by atoms with Gasteiger partial charge in [0.05, 0.1) is 0 Å². The average molecular weight is 277 g/mol. The summed E-state index contributed by atoms with van der Waals surface area (Å²) in [5.41, 5.74) is 0.699. The van der Waals surface area contributed by atoms with E-state index in [1.165, 1.54) is 0 Å². The molecule has 0 aliphatic rings. The Morgan fingerprint density at radius 3 is 2.50 bits per heavy atom. The van der Waals surface area contributed by atoms with Crippen LogP contribution in [0.15, 0.2) is 29.2 Å². The summed E-state index contributed by atoms with van der Waals surface area (Å²) in [4.78, 5) is -0.901. The fraction of sp³-hybridized carbons (Fsp3) is 0.273. The zero-order valence-electron chi connectivity index (χ0n) is 9.74. The Kier molecular flexibility index (Phi) is 4.42. The molecular formula is C11H13F2NO3S. The molecule has 4 nitrogen and oxygen atoms in total. The van der Waals surface area contributed by atoms with Crippen LogP contribution < -0.4 is 9.88 Å². The number of primary sulfonamides is 1. The highest BCUT2D eigenvalue weighted by atomic mass is 32.2. The Labute approximate surface area is 104 Å². The van der Waals surface area contributed by atoms with E-state index in [2.05, 4.69) is 6.58 Å². The van der Waals surface area contributed by atoms with Crippen LogP contribution in [-0.4, -0.2) is 15.0 Å². The van der Waals surface area contributed by atoms with Crippen molar-refractivity contribution in [3.05, 3.63) is 35.9 Å². The molecule has 0 aliphatic carbocycles. The lowest BCUT2D eigenvalue weighted by molar-refractivity contribution is 0.319. The van der Waals surface area contributed by atoms with Crippen molar-refractivity contribution in [1.29, 1.82) is 0 Å². The quantitative estimate of drug-likeness (QED) is 0.836. The Balaban J connectivity index is 3.06. The van der Waals surface area contributed by atoms with E-state index in [1.807, 2.05) is 6.92 Å². The molecule has 0 heterocycles. The van der Waals surface area contributed by atoms with Crippen LogP contribution in [-0.2, 0) is 10.0 Å². The Bertz CT molecular complexity index is 570. The van der Waals surface area contributed by atoms with E-state index in [0.717, 1.165) is 12.1 Å². The molecule has 0 unspecified atom stereocenters. The number of nitrogens with two attached hydrogens (primary N) is 1. The first-order valence-corrected chi connectivity index (χ1v) is 6.62. The highest BCUT2D eigenvalue weighted by Gasteiger charge is 2.21. The lowest BCUT2D eigenvalue weighted by atomic mass is 10.2. The van der Waals surface area contributed by atoms with Gasteiger partial charge in [-0.05, 0) is 24.1 Å². The number of benzene rings is 1. The lowest BCUT2D eigenvalue weighted by Crippen LogP contribution is -2.15. The highest BCUT2D eigenvalue weighted by molar-refractivity contribution is 7.89. The van der Waals surface area contributed by atoms with Crippen LogP contribution in [0.5, 0.6) is 5.75 Å². The van der Waals surface area contributed by atoms with Crippen molar-refractivity contribution in [2.24, 2.45) is 5.14 Å². The summed E-state index contributed by atoms with van der Waals surface area (Å²) in [6, 6.07) is 1.87. The second kappa shape index (κ2) is 5.45. The maximum absolute atomic E-state index is 13.5. The molecule has 0 bridgehead atoms. The van der Waals surface area contributed by atoms with Crippen molar-refractivity contribution in [2.45, 2.75) is 18.2 Å². The zero-order chi connectivity index (χ0) is 13.9. The molecule has 1 aromatic carbocycles. The molecule has 0 aromatic heterocycles. The summed E-state index contributed by atoms with van der Waals surface area (Å²) < 4.78 is 53.8. The van der Waals surface area contributed by atoms with Crippen molar-refractivity contribution in [3.63, 3.8) is 0 Å². The van der Waals surface area contributed by atoms with Crippen LogP contribution in [0, 0.1) is 11.6 Å². The molecule has 18 heavy (non-hydrogen) atoms. The Morgan fingerprint density at radius 1 is 1.39 bits per heavy atom. The molecule has 2 N–H and O–H groups in total. The van der Waals surface area contributed by atoms with Crippen molar-refractivity contribution >= 4 is 10.0 Å². The standard InChI is InChI=1S/C11H13F2NO3S/c1-3-7(2)6-17-8-4-5-9(18(14,15)16)11(13)10(8)12/h4-5H,2-3,6H2,1H3,(H2,14,15,16). The van der Waals surface area contributed by atoms with Gasteiger partial charge in [-0.1, -0.05) is 13.5 Å². The molecule has 0 spiro atoms. The molecule has 0 fully saturated rings. The van der Waals surface area contributed by atoms with Crippen molar-refractivity contribution < 1.29 is 21.9 Å². The minimum Gasteiger partial charge on any atom is -0.486 e. The average Bonchev–Trinajstić information content (AvgIpc) is 2.28. The van der Waals surface area contributed by atoms with E-state index in [9.17, 15) is 17.2 Å². The van der Waals surface area contributed by atoms with E-state index < -0.39 is 26.6 Å². The topological polar surface area (TPSA) is 69.4 Å². The third kappa shape index (κ3) is 3.27. The number of hydrogen-bond donors (Lipinski definition) is 1. The summed E-state index contributed by atoms with van der Waals surface area (Å²) in [5.74, 6) is -3.31. The van der Waals surface area contributed by atoms with E-state index >= 15 is 0 Å². The largest absolute Gasteiger partial charge is 0.486 e. The van der Waals surface area contributed by atoms with Gasteiger partial charge in [0, 0.05) is 0 Å². The number of ether oxygens (including phenoxy) is 1. The molecule has 0 amide bonds. The van der Waals surface area contributed by atoms with Gasteiger partial charge >= 0.3 is 0 Å². The summed E-state index contributed by atoms with van der Waals surface area (Å²) in [6.07, 6.45) is 0.638. The van der Waals surface area contributed by atoms with Crippen molar-refractivity contribution in [3.8, 4) is 5.75 Å². The highest BCUT2D eigenvalue weighted by Crippen LogP contribution is 2.25. The number of rotatable bonds is 5. The van der Waals surface area contributed by atoms with Gasteiger partial charge in [-0.25, -0.2) is 17.9 Å². The van der Waals surface area contributed by atoms with Crippen LogP contribution in [0.2, 0.25) is 0 Å². The zero-order valence-corrected chi connectivity index (χ0v) is 10.6. The number of halogens is 2. The van der Waals surface area contributed by atoms with Gasteiger partial charge in [-0.2, -0.15) is 4.39 Å². The van der Waals surface area contributed by atoms with Crippen LogP contribution in [0.4, 0.5) is 8.78 Å². The monoisotopic (exact) mass is 277 g/mol. The van der Waals surface area contributed by atoms with Crippen molar-refractivity contribution in [2.75, 3.05) is 6.61 Å². The minimum absolute atomic E-state index is 0.0293. The number of sulfonamides is 1. The Hall–Kier alpha value is -1.47. The fourth-order valence-electron chi connectivity index (χ4n) is 1.13. The van der Waals surface area contributed by atoms with E-state index in [4.69, 9.17) is 9.88 Å². The molecule has 7 heteroatoms. The maximum atomic E-state index is 13.5. The molecule has 0 saturated carbocycles. The second-order valence-electron chi connectivity index (χ2n) is 3.63. The summed E-state index contributed by atoms with van der Waals surface area (Å²) in [6.45, 7) is 5.51. The van der Waals surface area contributed by atoms with Crippen molar-refractivity contribution in [1.82, 2.24) is 0 Å². The van der Waals surface area contributed by atoms with Crippen LogP contribution in [0.1, 0.15) is 13.3 Å². The molecule has 0 atom stereocenters. The first-order valence-electron chi connectivity index (χ1n) is 5.07. The smallest absolute Gasteiger partial charge is 0.241 e. The molecule has 0 aliphatic heterocycles. The maximum Gasteiger partial charge on any atom is 0.241 e. The Morgan fingerprint density at radius 2 is 2.00 bits per heavy atom. The normalized spacial score (nSPS) is 11.3. The SMILES string of the molecule is C=C(CC)COc1ccc(S(N)(=O)=O)c(F)c1F. The molecule has 1 aromatic rings. The van der Waals surface area contributed by atoms with Crippen LogP contribution in [0.3, 0.4) is 0 Å². The first kappa shape index (κ1) is 14.6. The molecule has 100 valence electrons. The molecule has 0 radical (unpaired) electrons. The fourth-order valence-corrected chi connectivity index (χ4v) is 1.72. The third-order valence-electron chi connectivity index (χ3n) is 2.25. The van der Waals surface area contributed by atoms with Crippen LogP contribution in [0.25, 0.3) is 0 Å². The third-order valence-corrected chi connectivity index (χ3v) is 3.18. The number of hydrogen-bond acceptors (Lipinski definition) is 3. The molecule has 0 saturated heterocycles. The molecular weight excluding hydrogens is 264 g/mol. The van der Waals surface area contributed by atoms with E-state index in [1.54, 1.807) is 0 Å². The first-order chi connectivity index (χ1) is 8.27. The predicted octanol–water partition coefficient (Wildman–Crippen LogP) is 1.96. The van der Waals surface area contributed by atoms with Gasteiger partial charge in [-0.15, -0.1) is 0 Å². The van der Waals surface area contributed by atoms with Crippen LogP contribution >= 0.6 is 0 Å². The summed E-state index contributed by atoms with van der Waals surface area (Å²) in [7, 11) is -4.30. The summed E-state index contributed by atoms with van der Waals surface area (Å²) in [5, 5.41) is 4.73. The predicted molar refractivity (Wildman–Crippen MR) is 62.7 cm³/mol. The van der Waals surface area contributed by atoms with Gasteiger partial charge in [0.25, 0.3) is 0 Å². The second-order valence-corrected chi connectivity index (χ2v) is 5.16. The van der Waals surface area contributed by atoms with Gasteiger partial charge in [-0.3, -0.25) is 0 Å². The van der Waals surface area contributed by atoms with Gasteiger partial charge < -0.3 is 4.74 Å². The van der Waals surface area contributed by atoms with Gasteiger partial charge in [0.15, 0.2) is 11.6 Å². The lowest BCUT2D eigenvalue weighted by Gasteiger charge is -2.10. The van der Waals surface area contributed by atoms with Gasteiger partial charge in [0.2, 0.25) is 15.8 Å².